The maximum Gasteiger partial charge on any atom is 0.384 e. The van der Waals surface area contributed by atoms with E-state index in [1.807, 2.05) is 0 Å². The summed E-state index contributed by atoms with van der Waals surface area (Å²) in [5.74, 6) is -14.5. The van der Waals surface area contributed by atoms with Crippen LogP contribution in [0.1, 0.15) is 28.7 Å². The summed E-state index contributed by atoms with van der Waals surface area (Å²) in [6, 6.07) is 9.81. The van der Waals surface area contributed by atoms with Crippen molar-refractivity contribution in [1.82, 2.24) is 9.97 Å². The summed E-state index contributed by atoms with van der Waals surface area (Å²) in [6.45, 7) is 1.37. The first-order chi connectivity index (χ1) is 20.5. The van der Waals surface area contributed by atoms with Crippen molar-refractivity contribution in [2.45, 2.75) is 18.8 Å². The monoisotopic (exact) mass is 818 g/mol. The minimum atomic E-state index is -4.00. The van der Waals surface area contributed by atoms with Gasteiger partial charge in [0.15, 0.2) is 0 Å². The average molecular weight is 821 g/mol. The molecule has 5 nitrogen and oxygen atoms in total. The van der Waals surface area contributed by atoms with Gasteiger partial charge in [0.25, 0.3) is 0 Å². The molecule has 0 saturated heterocycles. The number of nitrogens with zero attached hydrogens (tertiary/aromatic N) is 2. The molecule has 0 N–H and O–H groups in total. The number of pyridine rings is 2. The fourth-order valence-electron chi connectivity index (χ4n) is 2.88. The molecular formula is C28H17Br3F8N2O3. The number of esters is 1. The molecule has 2 heterocycles. The fraction of sp³-hybridized carbons (Fsp3) is 0.143. The number of carbonyl (C=O) groups excluding carboxylic acids is 2. The summed E-state index contributed by atoms with van der Waals surface area (Å²) in [6.07, 6.45) is 2.29. The van der Waals surface area contributed by atoms with E-state index < -0.39 is 63.8 Å². The first kappa shape index (κ1) is 36.9. The normalized spacial score (nSPS) is 11.0. The molecule has 0 unspecified atom stereocenters. The van der Waals surface area contributed by atoms with E-state index >= 15 is 0 Å². The van der Waals surface area contributed by atoms with Gasteiger partial charge in [0.05, 0.1) is 16.6 Å². The number of benzene rings is 2. The first-order valence-electron chi connectivity index (χ1n) is 11.8. The lowest BCUT2D eigenvalue weighted by atomic mass is 10.0. The molecule has 44 heavy (non-hydrogen) atoms. The molecule has 0 atom stereocenters. The van der Waals surface area contributed by atoms with Crippen LogP contribution in [0.2, 0.25) is 0 Å². The highest BCUT2D eigenvalue weighted by Gasteiger charge is 2.45. The molecule has 0 aliphatic carbocycles. The smallest absolute Gasteiger partial charge is 0.384 e. The van der Waals surface area contributed by atoms with Crippen LogP contribution in [0.4, 0.5) is 35.1 Å². The Morgan fingerprint density at radius 2 is 1.18 bits per heavy atom. The van der Waals surface area contributed by atoms with Gasteiger partial charge in [-0.1, -0.05) is 0 Å². The summed E-state index contributed by atoms with van der Waals surface area (Å²) in [5, 5.41) is 0. The van der Waals surface area contributed by atoms with E-state index in [1.165, 1.54) is 37.4 Å². The second-order valence-corrected chi connectivity index (χ2v) is 10.8. The Kier molecular flexibility index (Phi) is 13.6. The van der Waals surface area contributed by atoms with Crippen LogP contribution in [0.5, 0.6) is 0 Å². The van der Waals surface area contributed by atoms with Crippen molar-refractivity contribution in [3.63, 3.8) is 0 Å². The van der Waals surface area contributed by atoms with Crippen LogP contribution >= 0.6 is 47.8 Å². The molecule has 0 fully saturated rings. The second kappa shape index (κ2) is 16.2. The summed E-state index contributed by atoms with van der Waals surface area (Å²) in [7, 11) is 0. The molecule has 4 aromatic rings. The summed E-state index contributed by atoms with van der Waals surface area (Å²) < 4.78 is 111. The van der Waals surface area contributed by atoms with Crippen molar-refractivity contribution in [3.8, 4) is 0 Å². The molecule has 0 bridgehead atoms. The maximum absolute atomic E-state index is 14.0. The molecule has 4 rings (SSSR count). The number of ketones is 1. The minimum Gasteiger partial charge on any atom is -0.461 e. The van der Waals surface area contributed by atoms with Gasteiger partial charge in [0.1, 0.15) is 34.7 Å². The van der Waals surface area contributed by atoms with Gasteiger partial charge in [-0.2, -0.15) is 17.6 Å². The second-order valence-electron chi connectivity index (χ2n) is 8.10. The van der Waals surface area contributed by atoms with Crippen molar-refractivity contribution < 1.29 is 49.4 Å². The molecule has 0 amide bonds. The van der Waals surface area contributed by atoms with Crippen LogP contribution in [0.3, 0.4) is 0 Å². The van der Waals surface area contributed by atoms with Gasteiger partial charge >= 0.3 is 17.8 Å². The molecule has 2 aromatic carbocycles. The van der Waals surface area contributed by atoms with Crippen LogP contribution in [0.25, 0.3) is 0 Å². The zero-order valence-corrected chi connectivity index (χ0v) is 26.7. The Labute approximate surface area is 270 Å². The Bertz CT molecular complexity index is 1590. The van der Waals surface area contributed by atoms with Crippen LogP contribution in [-0.4, -0.2) is 28.3 Å². The van der Waals surface area contributed by atoms with E-state index in [9.17, 15) is 44.7 Å². The zero-order valence-electron chi connectivity index (χ0n) is 21.9. The molecule has 234 valence electrons. The van der Waals surface area contributed by atoms with Crippen LogP contribution < -0.4 is 0 Å². The summed E-state index contributed by atoms with van der Waals surface area (Å²) >= 11 is 8.96. The molecular weight excluding hydrogens is 804 g/mol. The molecule has 0 aliphatic rings. The lowest BCUT2D eigenvalue weighted by Gasteiger charge is -2.14. The highest BCUT2D eigenvalue weighted by atomic mass is 79.9. The topological polar surface area (TPSA) is 69.2 Å². The van der Waals surface area contributed by atoms with Gasteiger partial charge in [0.2, 0.25) is 5.78 Å². The van der Waals surface area contributed by atoms with Crippen molar-refractivity contribution in [1.29, 1.82) is 0 Å². The van der Waals surface area contributed by atoms with E-state index in [0.717, 1.165) is 30.5 Å². The number of hydrogen-bond acceptors (Lipinski definition) is 5. The average Bonchev–Trinajstić information content (AvgIpc) is 2.96. The van der Waals surface area contributed by atoms with Gasteiger partial charge < -0.3 is 4.74 Å². The SMILES string of the molecule is CCOC(=O)C(F)(F)c1ccc(Br)cn1.Fc1ccc(Br)c(F)c1.O=C(c1ccc(F)cc1F)C(F)(F)c1ccc(Br)cn1. The van der Waals surface area contributed by atoms with Crippen LogP contribution in [0.15, 0.2) is 86.5 Å². The predicted octanol–water partition coefficient (Wildman–Crippen LogP) is 9.32. The zero-order chi connectivity index (χ0) is 33.2. The van der Waals surface area contributed by atoms with Crippen molar-refractivity contribution in [3.05, 3.63) is 127 Å². The highest BCUT2D eigenvalue weighted by molar-refractivity contribution is 9.11. The van der Waals surface area contributed by atoms with E-state index in [2.05, 4.69) is 62.5 Å². The van der Waals surface area contributed by atoms with Crippen LogP contribution in [0, 0.1) is 23.3 Å². The Balaban J connectivity index is 0.000000247. The molecule has 16 heteroatoms. The van der Waals surface area contributed by atoms with E-state index in [4.69, 9.17) is 0 Å². The predicted molar refractivity (Wildman–Crippen MR) is 153 cm³/mol. The lowest BCUT2D eigenvalue weighted by Crippen LogP contribution is -2.29. The van der Waals surface area contributed by atoms with E-state index in [0.29, 0.717) is 21.1 Å². The van der Waals surface area contributed by atoms with Gasteiger partial charge in [-0.15, -0.1) is 0 Å². The quantitative estimate of drug-likeness (QED) is 0.0840. The third kappa shape index (κ3) is 10.2. The fourth-order valence-corrected chi connectivity index (χ4v) is 3.59. The molecule has 0 saturated carbocycles. The number of aromatic nitrogens is 2. The maximum atomic E-state index is 14.0. The van der Waals surface area contributed by atoms with Gasteiger partial charge in [-0.05, 0) is 103 Å². The first-order valence-corrected chi connectivity index (χ1v) is 14.2. The number of halogens is 11. The van der Waals surface area contributed by atoms with Crippen molar-refractivity contribution >= 4 is 59.5 Å². The molecule has 0 aliphatic heterocycles. The van der Waals surface area contributed by atoms with E-state index in [1.54, 1.807) is 0 Å². The largest absolute Gasteiger partial charge is 0.461 e. The number of alkyl halides is 4. The standard InChI is InChI=1S/C13H6BrF4NO.C9H8BrF2NO2.C6H3BrF2/c14-7-1-4-11(19-6-7)13(17,18)12(20)9-3-2-8(15)5-10(9)16;1-2-15-8(14)9(11,12)7-4-3-6(10)5-13-7;7-5-2-1-4(8)3-6(5)9/h1-6H;3-5H,2H2,1H3;1-3H. The summed E-state index contributed by atoms with van der Waals surface area (Å²) in [4.78, 5) is 29.5. The highest BCUT2D eigenvalue weighted by Crippen LogP contribution is 2.32. The molecule has 0 radical (unpaired) electrons. The van der Waals surface area contributed by atoms with Crippen LogP contribution in [-0.2, 0) is 21.4 Å². The Morgan fingerprint density at radius 1 is 0.705 bits per heavy atom. The number of ether oxygens (including phenoxy) is 1. The Hall–Kier alpha value is -3.24. The van der Waals surface area contributed by atoms with Gasteiger partial charge in [-0.3, -0.25) is 14.8 Å². The summed E-state index contributed by atoms with van der Waals surface area (Å²) in [5.41, 5.74) is -2.32. The Morgan fingerprint density at radius 3 is 1.59 bits per heavy atom. The van der Waals surface area contributed by atoms with Crippen molar-refractivity contribution in [2.24, 2.45) is 0 Å². The van der Waals surface area contributed by atoms with Crippen molar-refractivity contribution in [2.75, 3.05) is 6.61 Å². The molecule has 0 spiro atoms. The molecule has 2 aromatic heterocycles. The van der Waals surface area contributed by atoms with Gasteiger partial charge in [0, 0.05) is 33.5 Å². The number of rotatable bonds is 6. The van der Waals surface area contributed by atoms with E-state index in [-0.39, 0.29) is 11.1 Å². The lowest BCUT2D eigenvalue weighted by molar-refractivity contribution is -0.173. The number of hydrogen-bond donors (Lipinski definition) is 0. The third-order valence-corrected chi connectivity index (χ3v) is 6.55. The minimum absolute atomic E-state index is 0.0923. The third-order valence-electron chi connectivity index (χ3n) is 4.97. The van der Waals surface area contributed by atoms with Gasteiger partial charge in [-0.25, -0.2) is 22.4 Å². The number of carbonyl (C=O) groups is 2. The number of Topliss-reactive ketones (excluding diaryl/α,β-unsaturated/α-hetero) is 1.